The van der Waals surface area contributed by atoms with E-state index in [9.17, 15) is 4.79 Å². The second-order valence-electron chi connectivity index (χ2n) is 4.71. The summed E-state index contributed by atoms with van der Waals surface area (Å²) in [6.07, 6.45) is 3.42. The quantitative estimate of drug-likeness (QED) is 0.629. The maximum Gasteiger partial charge on any atom is 0.310 e. The fraction of sp³-hybridized carbons (Fsp3) is 0.615. The highest BCUT2D eigenvalue weighted by atomic mass is 35.5. The first kappa shape index (κ1) is 14.1. The Morgan fingerprint density at radius 2 is 2.37 bits per heavy atom. The zero-order chi connectivity index (χ0) is 13.8. The number of hydrogen-bond acceptors (Lipinski definition) is 5. The van der Waals surface area contributed by atoms with Gasteiger partial charge in [0.25, 0.3) is 0 Å². The van der Waals surface area contributed by atoms with Crippen LogP contribution in [0.5, 0.6) is 0 Å². The molecular formula is C13H18ClN3O2. The second kappa shape index (κ2) is 6.19. The number of nitrogens with zero attached hydrogens (tertiary/aromatic N) is 3. The van der Waals surface area contributed by atoms with E-state index in [0.717, 1.165) is 18.7 Å². The van der Waals surface area contributed by atoms with Crippen molar-refractivity contribution in [2.45, 2.75) is 32.7 Å². The predicted molar refractivity (Wildman–Crippen MR) is 73.2 cm³/mol. The van der Waals surface area contributed by atoms with E-state index >= 15 is 0 Å². The van der Waals surface area contributed by atoms with Gasteiger partial charge in [0.15, 0.2) is 0 Å². The minimum absolute atomic E-state index is 0.0927. The molecule has 0 aliphatic carbocycles. The molecule has 0 spiro atoms. The Bertz CT molecular complexity index is 455. The number of piperidine rings is 1. The van der Waals surface area contributed by atoms with Crippen LogP contribution >= 0.6 is 11.6 Å². The van der Waals surface area contributed by atoms with Crippen molar-refractivity contribution in [1.29, 1.82) is 0 Å². The summed E-state index contributed by atoms with van der Waals surface area (Å²) in [5.74, 6) is 0.547. The van der Waals surface area contributed by atoms with Gasteiger partial charge in [0.2, 0.25) is 5.28 Å². The van der Waals surface area contributed by atoms with Crippen molar-refractivity contribution >= 4 is 23.4 Å². The van der Waals surface area contributed by atoms with Crippen LogP contribution in [-0.4, -0.2) is 35.1 Å². The Balaban J connectivity index is 2.12. The largest absolute Gasteiger partial charge is 0.466 e. The summed E-state index contributed by atoms with van der Waals surface area (Å²) >= 11 is 5.82. The Hall–Kier alpha value is -1.36. The zero-order valence-corrected chi connectivity index (χ0v) is 11.9. The maximum absolute atomic E-state index is 11.8. The van der Waals surface area contributed by atoms with E-state index in [1.807, 2.05) is 13.0 Å². The number of rotatable bonds is 3. The third-order valence-corrected chi connectivity index (χ3v) is 3.59. The molecule has 0 radical (unpaired) electrons. The van der Waals surface area contributed by atoms with Gasteiger partial charge in [0.05, 0.1) is 12.5 Å². The van der Waals surface area contributed by atoms with Gasteiger partial charge in [-0.1, -0.05) is 0 Å². The van der Waals surface area contributed by atoms with Gasteiger partial charge in [-0.2, -0.15) is 0 Å². The average molecular weight is 284 g/mol. The fourth-order valence-corrected chi connectivity index (χ4v) is 2.51. The zero-order valence-electron chi connectivity index (χ0n) is 11.2. The molecule has 0 N–H and O–H groups in total. The molecule has 1 fully saturated rings. The molecule has 2 rings (SSSR count). The Morgan fingerprint density at radius 3 is 3.05 bits per heavy atom. The monoisotopic (exact) mass is 283 g/mol. The van der Waals surface area contributed by atoms with E-state index in [4.69, 9.17) is 16.3 Å². The highest BCUT2D eigenvalue weighted by Gasteiger charge is 2.31. The number of aromatic nitrogens is 2. The van der Waals surface area contributed by atoms with Gasteiger partial charge in [0.1, 0.15) is 5.82 Å². The summed E-state index contributed by atoms with van der Waals surface area (Å²) in [5, 5.41) is 0.225. The molecule has 1 aliphatic rings. The number of carbonyl (C=O) groups excluding carboxylic acids is 1. The summed E-state index contributed by atoms with van der Waals surface area (Å²) in [6, 6.07) is 2.15. The maximum atomic E-state index is 11.8. The SMILES string of the molecule is CCOC(=O)C1CCC(C)N(c2ccnc(Cl)n2)C1. The van der Waals surface area contributed by atoms with E-state index in [2.05, 4.69) is 21.8 Å². The van der Waals surface area contributed by atoms with Gasteiger partial charge in [-0.15, -0.1) is 0 Å². The van der Waals surface area contributed by atoms with E-state index in [-0.39, 0.29) is 17.2 Å². The molecule has 19 heavy (non-hydrogen) atoms. The van der Waals surface area contributed by atoms with Crippen molar-refractivity contribution in [1.82, 2.24) is 9.97 Å². The van der Waals surface area contributed by atoms with E-state index < -0.39 is 0 Å². The van der Waals surface area contributed by atoms with Crippen LogP contribution in [0.4, 0.5) is 5.82 Å². The first-order valence-electron chi connectivity index (χ1n) is 6.53. The molecule has 2 atom stereocenters. The van der Waals surface area contributed by atoms with E-state index in [0.29, 0.717) is 19.2 Å². The number of esters is 1. The second-order valence-corrected chi connectivity index (χ2v) is 5.05. The van der Waals surface area contributed by atoms with Gasteiger partial charge in [0, 0.05) is 18.8 Å². The number of hydrogen-bond donors (Lipinski definition) is 0. The van der Waals surface area contributed by atoms with E-state index in [1.165, 1.54) is 0 Å². The summed E-state index contributed by atoms with van der Waals surface area (Å²) in [4.78, 5) is 22.0. The van der Waals surface area contributed by atoms with Crippen LogP contribution in [0.25, 0.3) is 0 Å². The molecule has 2 unspecified atom stereocenters. The smallest absolute Gasteiger partial charge is 0.310 e. The normalized spacial score (nSPS) is 23.2. The molecule has 1 aliphatic heterocycles. The predicted octanol–water partition coefficient (Wildman–Crippen LogP) is 2.30. The van der Waals surface area contributed by atoms with E-state index in [1.54, 1.807) is 6.20 Å². The standard InChI is InChI=1S/C13H18ClN3O2/c1-3-19-12(18)10-5-4-9(2)17(8-10)11-6-7-15-13(14)16-11/h6-7,9-10H,3-5,8H2,1-2H3. The van der Waals surface area contributed by atoms with Crippen molar-refractivity contribution in [3.05, 3.63) is 17.5 Å². The number of anilines is 1. The summed E-state index contributed by atoms with van der Waals surface area (Å²) in [5.41, 5.74) is 0. The fourth-order valence-electron chi connectivity index (χ4n) is 2.36. The Kier molecular flexibility index (Phi) is 4.58. The van der Waals surface area contributed by atoms with Crippen LogP contribution in [0.1, 0.15) is 26.7 Å². The van der Waals surface area contributed by atoms with Gasteiger partial charge in [-0.25, -0.2) is 9.97 Å². The highest BCUT2D eigenvalue weighted by molar-refractivity contribution is 6.28. The molecule has 0 bridgehead atoms. The van der Waals surface area contributed by atoms with Gasteiger partial charge in [-0.3, -0.25) is 4.79 Å². The van der Waals surface area contributed by atoms with Gasteiger partial charge >= 0.3 is 5.97 Å². The van der Waals surface area contributed by atoms with Crippen LogP contribution < -0.4 is 4.90 Å². The molecule has 1 aromatic rings. The first-order valence-corrected chi connectivity index (χ1v) is 6.91. The van der Waals surface area contributed by atoms with Crippen LogP contribution in [-0.2, 0) is 9.53 Å². The molecule has 5 nitrogen and oxygen atoms in total. The Labute approximate surface area is 117 Å². The lowest BCUT2D eigenvalue weighted by Gasteiger charge is -2.37. The molecule has 0 aromatic carbocycles. The molecule has 2 heterocycles. The molecule has 6 heteroatoms. The minimum atomic E-state index is -0.125. The number of ether oxygens (including phenoxy) is 1. The van der Waals surface area contributed by atoms with Crippen molar-refractivity contribution in [2.24, 2.45) is 5.92 Å². The minimum Gasteiger partial charge on any atom is -0.466 e. The van der Waals surface area contributed by atoms with Crippen LogP contribution in [0, 0.1) is 5.92 Å². The van der Waals surface area contributed by atoms with Crippen LogP contribution in [0.3, 0.4) is 0 Å². The molecule has 0 saturated carbocycles. The first-order chi connectivity index (χ1) is 9.11. The van der Waals surface area contributed by atoms with Gasteiger partial charge < -0.3 is 9.64 Å². The molecule has 1 aromatic heterocycles. The van der Waals surface area contributed by atoms with Crippen LogP contribution in [0.15, 0.2) is 12.3 Å². The number of carbonyl (C=O) groups is 1. The molecule has 1 saturated heterocycles. The summed E-state index contributed by atoms with van der Waals surface area (Å²) in [6.45, 7) is 4.99. The summed E-state index contributed by atoms with van der Waals surface area (Å²) < 4.78 is 5.10. The topological polar surface area (TPSA) is 55.3 Å². The Morgan fingerprint density at radius 1 is 1.58 bits per heavy atom. The van der Waals surface area contributed by atoms with Crippen molar-refractivity contribution in [3.8, 4) is 0 Å². The lowest BCUT2D eigenvalue weighted by atomic mass is 9.93. The molecule has 104 valence electrons. The molecular weight excluding hydrogens is 266 g/mol. The third-order valence-electron chi connectivity index (χ3n) is 3.41. The lowest BCUT2D eigenvalue weighted by Crippen LogP contribution is -2.45. The lowest BCUT2D eigenvalue weighted by molar-refractivity contribution is -0.148. The summed E-state index contributed by atoms with van der Waals surface area (Å²) in [7, 11) is 0. The molecule has 0 amide bonds. The highest BCUT2D eigenvalue weighted by Crippen LogP contribution is 2.27. The van der Waals surface area contributed by atoms with Crippen molar-refractivity contribution in [3.63, 3.8) is 0 Å². The average Bonchev–Trinajstić information content (AvgIpc) is 2.39. The van der Waals surface area contributed by atoms with Crippen LogP contribution in [0.2, 0.25) is 5.28 Å². The van der Waals surface area contributed by atoms with Gasteiger partial charge in [-0.05, 0) is 44.4 Å². The van der Waals surface area contributed by atoms with Crippen molar-refractivity contribution < 1.29 is 9.53 Å². The number of halogens is 1. The van der Waals surface area contributed by atoms with Crippen molar-refractivity contribution in [2.75, 3.05) is 18.1 Å². The third kappa shape index (κ3) is 3.35.